The Bertz CT molecular complexity index is 624. The van der Waals surface area contributed by atoms with Crippen molar-refractivity contribution in [3.05, 3.63) is 35.4 Å². The molecule has 138 valence electrons. The van der Waals surface area contributed by atoms with Crippen LogP contribution in [0.25, 0.3) is 0 Å². The second kappa shape index (κ2) is 8.50. The van der Waals surface area contributed by atoms with Crippen LogP contribution in [0, 0.1) is 0 Å². The van der Waals surface area contributed by atoms with Crippen LogP contribution >= 0.6 is 0 Å². The van der Waals surface area contributed by atoms with Gasteiger partial charge in [0.25, 0.3) is 0 Å². The van der Waals surface area contributed by atoms with E-state index in [2.05, 4.69) is 0 Å². The standard InChI is InChI=1S/C16H17F3O6/c1-9(20)23-8-14(24-10(2)21)15(25-11(3)22)12-4-6-13(7-5-12)16(17,18)19/h4-7,14-15H,8H2,1-3H3/t14-,15-/m0/s1. The number of esters is 3. The monoisotopic (exact) mass is 362 g/mol. The van der Waals surface area contributed by atoms with E-state index < -0.39 is 48.5 Å². The van der Waals surface area contributed by atoms with E-state index in [1.54, 1.807) is 0 Å². The topological polar surface area (TPSA) is 78.9 Å². The van der Waals surface area contributed by atoms with Gasteiger partial charge in [0.2, 0.25) is 0 Å². The Labute approximate surface area is 141 Å². The largest absolute Gasteiger partial charge is 0.462 e. The van der Waals surface area contributed by atoms with Crippen LogP contribution in [-0.4, -0.2) is 30.6 Å². The average molecular weight is 362 g/mol. The normalized spacial score (nSPS) is 13.5. The van der Waals surface area contributed by atoms with Crippen LogP contribution in [0.3, 0.4) is 0 Å². The molecule has 6 nitrogen and oxygen atoms in total. The number of rotatable bonds is 6. The van der Waals surface area contributed by atoms with Gasteiger partial charge in [0, 0.05) is 20.8 Å². The van der Waals surface area contributed by atoms with E-state index in [0.717, 1.165) is 45.0 Å². The molecule has 0 saturated heterocycles. The molecule has 1 aromatic rings. The molecule has 0 spiro atoms. The maximum Gasteiger partial charge on any atom is 0.416 e. The molecule has 0 aliphatic rings. The lowest BCUT2D eigenvalue weighted by Gasteiger charge is -2.26. The summed E-state index contributed by atoms with van der Waals surface area (Å²) in [7, 11) is 0. The molecule has 0 heterocycles. The lowest BCUT2D eigenvalue weighted by Crippen LogP contribution is -2.32. The fourth-order valence-electron chi connectivity index (χ4n) is 2.00. The number of ether oxygens (including phenoxy) is 3. The minimum Gasteiger partial charge on any atom is -0.462 e. The van der Waals surface area contributed by atoms with Gasteiger partial charge in [-0.2, -0.15) is 13.2 Å². The predicted molar refractivity (Wildman–Crippen MR) is 78.1 cm³/mol. The highest BCUT2D eigenvalue weighted by molar-refractivity contribution is 5.68. The molecule has 9 heteroatoms. The summed E-state index contributed by atoms with van der Waals surface area (Å²) in [5, 5.41) is 0. The Morgan fingerprint density at radius 1 is 0.920 bits per heavy atom. The van der Waals surface area contributed by atoms with E-state index >= 15 is 0 Å². The zero-order valence-electron chi connectivity index (χ0n) is 13.8. The fourth-order valence-corrected chi connectivity index (χ4v) is 2.00. The van der Waals surface area contributed by atoms with E-state index in [4.69, 9.17) is 14.2 Å². The minimum absolute atomic E-state index is 0.154. The maximum absolute atomic E-state index is 12.7. The third kappa shape index (κ3) is 6.82. The third-order valence-corrected chi connectivity index (χ3v) is 2.97. The molecule has 0 amide bonds. The third-order valence-electron chi connectivity index (χ3n) is 2.97. The van der Waals surface area contributed by atoms with Crippen LogP contribution in [0.5, 0.6) is 0 Å². The van der Waals surface area contributed by atoms with Crippen molar-refractivity contribution in [2.75, 3.05) is 6.61 Å². The molecule has 25 heavy (non-hydrogen) atoms. The molecule has 0 radical (unpaired) electrons. The molecular formula is C16H17F3O6. The Hall–Kier alpha value is -2.58. The van der Waals surface area contributed by atoms with Gasteiger partial charge >= 0.3 is 24.1 Å². The Kier molecular flexibility index (Phi) is 6.96. The van der Waals surface area contributed by atoms with E-state index in [-0.39, 0.29) is 5.56 Å². The van der Waals surface area contributed by atoms with Crippen LogP contribution in [0.2, 0.25) is 0 Å². The Balaban J connectivity index is 3.16. The Morgan fingerprint density at radius 3 is 1.84 bits per heavy atom. The number of benzene rings is 1. The quantitative estimate of drug-likeness (QED) is 0.572. The molecule has 0 saturated carbocycles. The average Bonchev–Trinajstić information content (AvgIpc) is 2.48. The van der Waals surface area contributed by atoms with Crippen LogP contribution < -0.4 is 0 Å². The highest BCUT2D eigenvalue weighted by Gasteiger charge is 2.33. The second-order valence-electron chi connectivity index (χ2n) is 5.10. The number of hydrogen-bond acceptors (Lipinski definition) is 6. The predicted octanol–water partition coefficient (Wildman–Crippen LogP) is 2.80. The summed E-state index contributed by atoms with van der Waals surface area (Å²) >= 11 is 0. The van der Waals surface area contributed by atoms with Gasteiger partial charge in [0.15, 0.2) is 12.2 Å². The summed E-state index contributed by atoms with van der Waals surface area (Å²) in [6.45, 7) is 2.89. The second-order valence-corrected chi connectivity index (χ2v) is 5.10. The molecule has 0 aliphatic heterocycles. The molecule has 0 aliphatic carbocycles. The number of alkyl halides is 3. The maximum atomic E-state index is 12.7. The molecule has 1 rings (SSSR count). The van der Waals surface area contributed by atoms with Crippen molar-refractivity contribution in [2.24, 2.45) is 0 Å². The highest BCUT2D eigenvalue weighted by Crippen LogP contribution is 2.31. The van der Waals surface area contributed by atoms with Crippen LogP contribution in [0.4, 0.5) is 13.2 Å². The van der Waals surface area contributed by atoms with E-state index in [1.807, 2.05) is 0 Å². The van der Waals surface area contributed by atoms with Gasteiger partial charge < -0.3 is 14.2 Å². The molecule has 1 aromatic carbocycles. The zero-order valence-corrected chi connectivity index (χ0v) is 13.8. The first-order valence-electron chi connectivity index (χ1n) is 7.15. The van der Waals surface area contributed by atoms with E-state index in [1.165, 1.54) is 0 Å². The molecule has 0 aromatic heterocycles. The van der Waals surface area contributed by atoms with Gasteiger partial charge in [-0.3, -0.25) is 14.4 Å². The lowest BCUT2D eigenvalue weighted by molar-refractivity contribution is -0.173. The molecule has 0 N–H and O–H groups in total. The summed E-state index contributed by atoms with van der Waals surface area (Å²) in [4.78, 5) is 33.6. The zero-order chi connectivity index (χ0) is 19.2. The van der Waals surface area contributed by atoms with Crippen molar-refractivity contribution >= 4 is 17.9 Å². The van der Waals surface area contributed by atoms with Crippen molar-refractivity contribution in [3.63, 3.8) is 0 Å². The van der Waals surface area contributed by atoms with Crippen LogP contribution in [0.15, 0.2) is 24.3 Å². The van der Waals surface area contributed by atoms with Gasteiger partial charge in [-0.15, -0.1) is 0 Å². The molecule has 0 unspecified atom stereocenters. The summed E-state index contributed by atoms with van der Waals surface area (Å²) < 4.78 is 52.8. The first kappa shape index (κ1) is 20.5. The van der Waals surface area contributed by atoms with Gasteiger partial charge in [0.05, 0.1) is 5.56 Å². The van der Waals surface area contributed by atoms with Gasteiger partial charge in [-0.05, 0) is 17.7 Å². The van der Waals surface area contributed by atoms with Crippen molar-refractivity contribution in [1.29, 1.82) is 0 Å². The lowest BCUT2D eigenvalue weighted by atomic mass is 10.0. The van der Waals surface area contributed by atoms with Crippen molar-refractivity contribution in [1.82, 2.24) is 0 Å². The number of hydrogen-bond donors (Lipinski definition) is 0. The fraction of sp³-hybridized carbons (Fsp3) is 0.438. The molecular weight excluding hydrogens is 345 g/mol. The number of carbonyl (C=O) groups excluding carboxylic acids is 3. The van der Waals surface area contributed by atoms with Crippen molar-refractivity contribution < 1.29 is 41.8 Å². The Morgan fingerprint density at radius 2 is 1.44 bits per heavy atom. The first-order valence-corrected chi connectivity index (χ1v) is 7.15. The van der Waals surface area contributed by atoms with E-state index in [9.17, 15) is 27.6 Å². The SMILES string of the molecule is CC(=O)OC[C@H](OC(C)=O)[C@@H](OC(C)=O)c1ccc(C(F)(F)F)cc1. The minimum atomic E-state index is -4.53. The first-order chi connectivity index (χ1) is 11.5. The van der Waals surface area contributed by atoms with Gasteiger partial charge in [-0.1, -0.05) is 12.1 Å². The van der Waals surface area contributed by atoms with Crippen molar-refractivity contribution in [2.45, 2.75) is 39.2 Å². The van der Waals surface area contributed by atoms with E-state index in [0.29, 0.717) is 0 Å². The number of halogens is 3. The van der Waals surface area contributed by atoms with Gasteiger partial charge in [-0.25, -0.2) is 0 Å². The highest BCUT2D eigenvalue weighted by atomic mass is 19.4. The summed E-state index contributed by atoms with van der Waals surface area (Å²) in [6, 6.07) is 3.81. The molecule has 0 fully saturated rings. The molecule has 2 atom stereocenters. The van der Waals surface area contributed by atoms with Crippen LogP contribution in [-0.2, 0) is 34.8 Å². The van der Waals surface area contributed by atoms with Crippen LogP contribution in [0.1, 0.15) is 38.0 Å². The summed E-state index contributed by atoms with van der Waals surface area (Å²) in [5.41, 5.74) is -0.733. The smallest absolute Gasteiger partial charge is 0.416 e. The summed E-state index contributed by atoms with van der Waals surface area (Å²) in [5.74, 6) is -2.14. The van der Waals surface area contributed by atoms with Crippen molar-refractivity contribution in [3.8, 4) is 0 Å². The number of carbonyl (C=O) groups is 3. The van der Waals surface area contributed by atoms with Gasteiger partial charge in [0.1, 0.15) is 6.61 Å². The summed E-state index contributed by atoms with van der Waals surface area (Å²) in [6.07, 6.45) is -6.97. The molecule has 0 bridgehead atoms.